The Labute approximate surface area is 222 Å². The van der Waals surface area contributed by atoms with Gasteiger partial charge in [0, 0.05) is 18.8 Å². The van der Waals surface area contributed by atoms with E-state index in [2.05, 4.69) is 39.5 Å². The molecule has 0 N–H and O–H groups in total. The molecule has 5 rings (SSSR count). The average molecular weight is 513 g/mol. The first-order valence-electron chi connectivity index (χ1n) is 13.0. The first-order chi connectivity index (χ1) is 18.6. The minimum atomic E-state index is -0.575. The van der Waals surface area contributed by atoms with Gasteiger partial charge in [-0.1, -0.05) is 41.6 Å². The molecule has 0 atom stereocenters. The van der Waals surface area contributed by atoms with Crippen LogP contribution in [0.3, 0.4) is 0 Å². The Morgan fingerprint density at radius 3 is 2.11 bits per heavy atom. The molecular weight excluding hydrogens is 480 g/mol. The summed E-state index contributed by atoms with van der Waals surface area (Å²) in [5, 5.41) is 8.23. The van der Waals surface area contributed by atoms with Gasteiger partial charge in [-0.3, -0.25) is 0 Å². The van der Waals surface area contributed by atoms with Gasteiger partial charge in [0.05, 0.1) is 20.3 Å². The molecule has 0 unspecified atom stereocenters. The molecule has 8 nitrogen and oxygen atoms in total. The van der Waals surface area contributed by atoms with E-state index in [0.717, 1.165) is 35.5 Å². The van der Waals surface area contributed by atoms with Gasteiger partial charge < -0.3 is 19.1 Å². The number of carbonyl (C=O) groups is 1. The highest BCUT2D eigenvalue weighted by Gasteiger charge is 2.23. The smallest absolute Gasteiger partial charge is 0.364 e. The zero-order valence-corrected chi connectivity index (χ0v) is 21.8. The van der Waals surface area contributed by atoms with Crippen LogP contribution >= 0.6 is 0 Å². The number of esters is 1. The number of ether oxygens (including phenoxy) is 3. The van der Waals surface area contributed by atoms with Crippen molar-refractivity contribution in [3.8, 4) is 28.5 Å². The highest BCUT2D eigenvalue weighted by Crippen LogP contribution is 2.30. The summed E-state index contributed by atoms with van der Waals surface area (Å²) < 4.78 is 18.1. The summed E-state index contributed by atoms with van der Waals surface area (Å²) in [6.45, 7) is 4.60. The van der Waals surface area contributed by atoms with Crippen molar-refractivity contribution < 1.29 is 19.0 Å². The molecule has 8 heteroatoms. The van der Waals surface area contributed by atoms with Crippen molar-refractivity contribution in [2.45, 2.75) is 32.7 Å². The molecule has 4 aromatic rings. The zero-order chi connectivity index (χ0) is 26.3. The number of aromatic nitrogens is 3. The Hall–Kier alpha value is -4.33. The Kier molecular flexibility index (Phi) is 7.87. The molecule has 1 fully saturated rings. The van der Waals surface area contributed by atoms with Gasteiger partial charge in [-0.2, -0.15) is 0 Å². The molecule has 196 valence electrons. The van der Waals surface area contributed by atoms with E-state index in [1.165, 1.54) is 24.9 Å². The number of carbonyl (C=O) groups excluding carboxylic acids is 1. The Morgan fingerprint density at radius 2 is 1.47 bits per heavy atom. The molecule has 0 spiro atoms. The second-order valence-corrected chi connectivity index (χ2v) is 9.19. The van der Waals surface area contributed by atoms with Crippen LogP contribution in [0.1, 0.15) is 42.2 Å². The average Bonchev–Trinajstić information content (AvgIpc) is 3.36. The van der Waals surface area contributed by atoms with Crippen LogP contribution in [0.25, 0.3) is 11.1 Å². The zero-order valence-electron chi connectivity index (χ0n) is 21.8. The van der Waals surface area contributed by atoms with Crippen LogP contribution in [0.2, 0.25) is 0 Å². The third-order valence-electron chi connectivity index (χ3n) is 6.64. The van der Waals surface area contributed by atoms with Crippen LogP contribution in [0.5, 0.6) is 17.4 Å². The number of rotatable bonds is 9. The van der Waals surface area contributed by atoms with E-state index in [0.29, 0.717) is 12.3 Å². The topological polar surface area (TPSA) is 78.7 Å². The van der Waals surface area contributed by atoms with E-state index in [1.807, 2.05) is 48.5 Å². The van der Waals surface area contributed by atoms with E-state index in [1.54, 1.807) is 18.7 Å². The highest BCUT2D eigenvalue weighted by atomic mass is 16.5. The van der Waals surface area contributed by atoms with Gasteiger partial charge >= 0.3 is 5.97 Å². The fourth-order valence-electron chi connectivity index (χ4n) is 4.58. The lowest BCUT2D eigenvalue weighted by atomic mass is 10.0. The monoisotopic (exact) mass is 512 g/mol. The summed E-state index contributed by atoms with van der Waals surface area (Å²) in [5.74, 6) is 0.992. The van der Waals surface area contributed by atoms with E-state index in [4.69, 9.17) is 14.2 Å². The van der Waals surface area contributed by atoms with Crippen LogP contribution in [-0.4, -0.2) is 47.8 Å². The Balaban J connectivity index is 1.34. The lowest BCUT2D eigenvalue weighted by molar-refractivity contribution is 0.0516. The number of anilines is 1. The van der Waals surface area contributed by atoms with Crippen molar-refractivity contribution in [3.05, 3.63) is 84.1 Å². The molecule has 0 saturated carbocycles. The summed E-state index contributed by atoms with van der Waals surface area (Å²) in [5.41, 5.74) is 4.49. The molecule has 2 heterocycles. The molecule has 38 heavy (non-hydrogen) atoms. The van der Waals surface area contributed by atoms with Crippen molar-refractivity contribution in [2.75, 3.05) is 31.7 Å². The first-order valence-corrected chi connectivity index (χ1v) is 13.0. The normalized spacial score (nSPS) is 13.3. The largest absolute Gasteiger partial charge is 0.497 e. The molecule has 0 aliphatic carbocycles. The first kappa shape index (κ1) is 25.3. The van der Waals surface area contributed by atoms with Gasteiger partial charge in [-0.15, -0.1) is 5.10 Å². The third kappa shape index (κ3) is 5.80. The SMILES string of the molecule is CCOC(=O)c1nnn(Cc2ccc(OC)cc2)c1Oc1ccc(-c2ccc(N3CCCCC3)cc2)cc1. The number of hydrogen-bond donors (Lipinski definition) is 0. The molecule has 0 amide bonds. The molecule has 1 aliphatic rings. The number of nitrogens with zero attached hydrogens (tertiary/aromatic N) is 4. The van der Waals surface area contributed by atoms with E-state index < -0.39 is 5.97 Å². The second kappa shape index (κ2) is 11.8. The van der Waals surface area contributed by atoms with Crippen molar-refractivity contribution in [1.29, 1.82) is 0 Å². The van der Waals surface area contributed by atoms with Crippen LogP contribution in [0.4, 0.5) is 5.69 Å². The van der Waals surface area contributed by atoms with Gasteiger partial charge in [0.25, 0.3) is 5.88 Å². The maximum Gasteiger partial charge on any atom is 0.364 e. The predicted molar refractivity (Wildman–Crippen MR) is 146 cm³/mol. The summed E-state index contributed by atoms with van der Waals surface area (Å²) in [6, 6.07) is 24.1. The van der Waals surface area contributed by atoms with Crippen molar-refractivity contribution in [1.82, 2.24) is 15.0 Å². The van der Waals surface area contributed by atoms with Crippen LogP contribution in [-0.2, 0) is 11.3 Å². The fourth-order valence-corrected chi connectivity index (χ4v) is 4.58. The molecule has 0 radical (unpaired) electrons. The van der Waals surface area contributed by atoms with Crippen LogP contribution in [0.15, 0.2) is 72.8 Å². The van der Waals surface area contributed by atoms with Gasteiger partial charge in [-0.25, -0.2) is 9.48 Å². The van der Waals surface area contributed by atoms with Gasteiger partial charge in [0.1, 0.15) is 11.5 Å². The summed E-state index contributed by atoms with van der Waals surface area (Å²) >= 11 is 0. The van der Waals surface area contributed by atoms with Crippen LogP contribution in [0, 0.1) is 0 Å². The molecule has 3 aromatic carbocycles. The van der Waals surface area contributed by atoms with Crippen LogP contribution < -0.4 is 14.4 Å². The summed E-state index contributed by atoms with van der Waals surface area (Å²) in [6.07, 6.45) is 3.84. The van der Waals surface area contributed by atoms with E-state index >= 15 is 0 Å². The van der Waals surface area contributed by atoms with Gasteiger partial charge in [-0.05, 0) is 79.3 Å². The van der Waals surface area contributed by atoms with Crippen molar-refractivity contribution in [3.63, 3.8) is 0 Å². The Bertz CT molecular complexity index is 1340. The third-order valence-corrected chi connectivity index (χ3v) is 6.64. The second-order valence-electron chi connectivity index (χ2n) is 9.19. The molecule has 1 aromatic heterocycles. The molecular formula is C30H32N4O4. The highest BCUT2D eigenvalue weighted by molar-refractivity contribution is 5.89. The van der Waals surface area contributed by atoms with E-state index in [-0.39, 0.29) is 18.2 Å². The van der Waals surface area contributed by atoms with E-state index in [9.17, 15) is 4.79 Å². The maximum absolute atomic E-state index is 12.5. The van der Waals surface area contributed by atoms with Crippen molar-refractivity contribution in [2.24, 2.45) is 0 Å². The van der Waals surface area contributed by atoms with Crippen molar-refractivity contribution >= 4 is 11.7 Å². The summed E-state index contributed by atoms with van der Waals surface area (Å²) in [4.78, 5) is 15.0. The lowest BCUT2D eigenvalue weighted by Gasteiger charge is -2.28. The minimum Gasteiger partial charge on any atom is -0.497 e. The number of hydrogen-bond acceptors (Lipinski definition) is 7. The number of piperidine rings is 1. The predicted octanol–water partition coefficient (Wildman–Crippen LogP) is 5.96. The Morgan fingerprint density at radius 1 is 0.842 bits per heavy atom. The quantitative estimate of drug-likeness (QED) is 0.256. The minimum absolute atomic E-state index is 0.0396. The molecule has 1 saturated heterocycles. The summed E-state index contributed by atoms with van der Waals surface area (Å²) in [7, 11) is 1.62. The number of methoxy groups -OCH3 is 1. The maximum atomic E-state index is 12.5. The van der Waals surface area contributed by atoms with Gasteiger partial charge in [0.15, 0.2) is 0 Å². The number of benzene rings is 3. The van der Waals surface area contributed by atoms with Gasteiger partial charge in [0.2, 0.25) is 5.69 Å². The molecule has 1 aliphatic heterocycles. The molecule has 0 bridgehead atoms. The standard InChI is InChI=1S/C30H32N4O4/c1-3-37-30(35)28-29(34(32-31-28)21-22-7-15-26(36-2)16-8-22)38-27-17-11-24(12-18-27)23-9-13-25(14-10-23)33-19-5-4-6-20-33/h7-18H,3-6,19-21H2,1-2H3. The fraction of sp³-hybridized carbons (Fsp3) is 0.300. The lowest BCUT2D eigenvalue weighted by Crippen LogP contribution is -2.29.